The van der Waals surface area contributed by atoms with E-state index in [-0.39, 0.29) is 5.75 Å². The molecule has 0 radical (unpaired) electrons. The first-order valence-corrected chi connectivity index (χ1v) is 8.70. The number of anilines is 1. The van der Waals surface area contributed by atoms with Crippen LogP contribution in [-0.4, -0.2) is 30.7 Å². The van der Waals surface area contributed by atoms with Crippen LogP contribution in [0.3, 0.4) is 0 Å². The summed E-state index contributed by atoms with van der Waals surface area (Å²) >= 11 is 0. The first-order chi connectivity index (χ1) is 10.9. The molecule has 3 rings (SSSR count). The van der Waals surface area contributed by atoms with Crippen molar-refractivity contribution in [2.75, 3.05) is 11.6 Å². The van der Waals surface area contributed by atoms with Crippen molar-refractivity contribution in [2.24, 2.45) is 0 Å². The topological polar surface area (TPSA) is 98.7 Å². The van der Waals surface area contributed by atoms with Crippen molar-refractivity contribution in [1.82, 2.24) is 9.84 Å². The minimum atomic E-state index is -3.68. The van der Waals surface area contributed by atoms with E-state index >= 15 is 0 Å². The smallest absolute Gasteiger partial charge is 0.273 e. The molecular formula is C15H15N3O4S. The zero-order valence-electron chi connectivity index (χ0n) is 12.2. The second-order valence-corrected chi connectivity index (χ2v) is 6.92. The lowest BCUT2D eigenvalue weighted by molar-refractivity contribution is 0.0631. The molecule has 2 aromatic carbocycles. The number of carbonyl (C=O) groups excluding carboxylic acids is 1. The molecule has 3 N–H and O–H groups in total. The molecule has 0 aromatic heterocycles. The van der Waals surface area contributed by atoms with Gasteiger partial charge in [-0.1, -0.05) is 30.3 Å². The van der Waals surface area contributed by atoms with Crippen molar-refractivity contribution < 1.29 is 18.3 Å². The molecule has 0 saturated carbocycles. The van der Waals surface area contributed by atoms with Gasteiger partial charge < -0.3 is 10.4 Å². The van der Waals surface area contributed by atoms with E-state index in [0.29, 0.717) is 16.8 Å². The summed E-state index contributed by atoms with van der Waals surface area (Å²) in [6, 6.07) is 13.2. The number of sulfonamides is 1. The minimum absolute atomic E-state index is 0.0440. The summed E-state index contributed by atoms with van der Waals surface area (Å²) in [5.41, 5.74) is 1.29. The van der Waals surface area contributed by atoms with Crippen LogP contribution in [0, 0.1) is 0 Å². The molecule has 23 heavy (non-hydrogen) atoms. The van der Waals surface area contributed by atoms with Crippen molar-refractivity contribution >= 4 is 21.6 Å². The second-order valence-electron chi connectivity index (χ2n) is 5.19. The molecule has 0 bridgehead atoms. The van der Waals surface area contributed by atoms with Gasteiger partial charge in [-0.25, -0.2) is 13.4 Å². The number of hydrazine groups is 1. The highest BCUT2D eigenvalue weighted by atomic mass is 32.2. The van der Waals surface area contributed by atoms with Gasteiger partial charge >= 0.3 is 0 Å². The maximum atomic E-state index is 12.7. The van der Waals surface area contributed by atoms with Gasteiger partial charge in [-0.2, -0.15) is 0 Å². The molecule has 120 valence electrons. The SMILES string of the molecule is CS(=O)(=O)NN1C(=O)c2ccccc2N[C@H]1c1ccccc1O. The molecule has 0 aliphatic carbocycles. The van der Waals surface area contributed by atoms with Gasteiger partial charge in [-0.3, -0.25) is 4.79 Å². The summed E-state index contributed by atoms with van der Waals surface area (Å²) in [5, 5.41) is 14.1. The lowest BCUT2D eigenvalue weighted by atomic mass is 10.0. The lowest BCUT2D eigenvalue weighted by Gasteiger charge is -2.37. The predicted molar refractivity (Wildman–Crippen MR) is 85.1 cm³/mol. The number of hydrogen-bond acceptors (Lipinski definition) is 5. The van der Waals surface area contributed by atoms with E-state index in [2.05, 4.69) is 10.1 Å². The number of fused-ring (bicyclic) bond motifs is 1. The number of nitrogens with one attached hydrogen (secondary N) is 2. The average molecular weight is 333 g/mol. The number of phenolic OH excluding ortho intramolecular Hbond substituents is 1. The molecule has 0 unspecified atom stereocenters. The molecule has 1 heterocycles. The number of aromatic hydroxyl groups is 1. The summed E-state index contributed by atoms with van der Waals surface area (Å²) < 4.78 is 23.2. The van der Waals surface area contributed by atoms with Crippen LogP contribution in [0.2, 0.25) is 0 Å². The fourth-order valence-electron chi connectivity index (χ4n) is 2.46. The monoisotopic (exact) mass is 333 g/mol. The Morgan fingerprint density at radius 3 is 2.48 bits per heavy atom. The van der Waals surface area contributed by atoms with E-state index in [4.69, 9.17) is 0 Å². The third kappa shape index (κ3) is 2.99. The van der Waals surface area contributed by atoms with Crippen LogP contribution in [0.5, 0.6) is 5.75 Å². The Labute approximate surface area is 133 Å². The number of nitrogens with zero attached hydrogens (tertiary/aromatic N) is 1. The Morgan fingerprint density at radius 1 is 1.13 bits per heavy atom. The normalized spacial score (nSPS) is 17.5. The van der Waals surface area contributed by atoms with E-state index in [1.54, 1.807) is 42.5 Å². The first-order valence-electron chi connectivity index (χ1n) is 6.81. The molecule has 7 nitrogen and oxygen atoms in total. The summed E-state index contributed by atoms with van der Waals surface area (Å²) in [4.78, 5) is 14.9. The van der Waals surface area contributed by atoms with Gasteiger partial charge in [-0.15, -0.1) is 4.83 Å². The van der Waals surface area contributed by atoms with Crippen LogP contribution in [0.1, 0.15) is 22.1 Å². The molecule has 0 fully saturated rings. The van der Waals surface area contributed by atoms with Crippen LogP contribution in [0.25, 0.3) is 0 Å². The predicted octanol–water partition coefficient (Wildman–Crippen LogP) is 1.42. The van der Waals surface area contributed by atoms with E-state index in [1.165, 1.54) is 6.07 Å². The minimum Gasteiger partial charge on any atom is -0.508 e. The van der Waals surface area contributed by atoms with Crippen LogP contribution >= 0.6 is 0 Å². The van der Waals surface area contributed by atoms with Crippen molar-refractivity contribution in [3.05, 3.63) is 59.7 Å². The van der Waals surface area contributed by atoms with E-state index in [9.17, 15) is 18.3 Å². The number of phenols is 1. The van der Waals surface area contributed by atoms with Crippen LogP contribution in [0.15, 0.2) is 48.5 Å². The van der Waals surface area contributed by atoms with E-state index < -0.39 is 22.1 Å². The highest BCUT2D eigenvalue weighted by Crippen LogP contribution is 2.35. The first kappa shape index (κ1) is 15.3. The lowest BCUT2D eigenvalue weighted by Crippen LogP contribution is -2.52. The number of benzene rings is 2. The van der Waals surface area contributed by atoms with Crippen LogP contribution in [-0.2, 0) is 10.0 Å². The molecule has 1 aliphatic heterocycles. The maximum absolute atomic E-state index is 12.7. The largest absolute Gasteiger partial charge is 0.508 e. The molecule has 1 amide bonds. The number of carbonyl (C=O) groups is 1. The van der Waals surface area contributed by atoms with Gasteiger partial charge in [0.1, 0.15) is 11.9 Å². The van der Waals surface area contributed by atoms with Crippen LogP contribution < -0.4 is 10.1 Å². The van der Waals surface area contributed by atoms with Gasteiger partial charge in [0.05, 0.1) is 11.8 Å². The molecule has 8 heteroatoms. The van der Waals surface area contributed by atoms with Gasteiger partial charge in [0.15, 0.2) is 0 Å². The number of rotatable bonds is 3. The van der Waals surface area contributed by atoms with Crippen molar-refractivity contribution in [2.45, 2.75) is 6.17 Å². The quantitative estimate of drug-likeness (QED) is 0.789. The summed E-state index contributed by atoms with van der Waals surface area (Å²) in [6.07, 6.45) is 0.0937. The molecular weight excluding hydrogens is 318 g/mol. The number of para-hydroxylation sites is 2. The van der Waals surface area contributed by atoms with Gasteiger partial charge in [0.2, 0.25) is 10.0 Å². The fraction of sp³-hybridized carbons (Fsp3) is 0.133. The average Bonchev–Trinajstić information content (AvgIpc) is 2.50. The number of amides is 1. The Morgan fingerprint density at radius 2 is 1.78 bits per heavy atom. The molecule has 0 saturated heterocycles. The van der Waals surface area contributed by atoms with Gasteiger partial charge in [0, 0.05) is 11.3 Å². The van der Waals surface area contributed by atoms with Crippen molar-refractivity contribution in [3.8, 4) is 5.75 Å². The third-order valence-corrected chi connectivity index (χ3v) is 3.95. The molecule has 1 aliphatic rings. The van der Waals surface area contributed by atoms with Gasteiger partial charge in [-0.05, 0) is 18.2 Å². The zero-order chi connectivity index (χ0) is 16.6. The van der Waals surface area contributed by atoms with E-state index in [0.717, 1.165) is 11.3 Å². The van der Waals surface area contributed by atoms with E-state index in [1.807, 2.05) is 0 Å². The Hall–Kier alpha value is -2.58. The highest BCUT2D eigenvalue weighted by molar-refractivity contribution is 7.88. The molecule has 2 aromatic rings. The summed E-state index contributed by atoms with van der Waals surface area (Å²) in [5.74, 6) is -0.546. The maximum Gasteiger partial charge on any atom is 0.273 e. The fourth-order valence-corrected chi connectivity index (χ4v) is 3.01. The van der Waals surface area contributed by atoms with Crippen LogP contribution in [0.4, 0.5) is 5.69 Å². The number of hydrogen-bond donors (Lipinski definition) is 3. The van der Waals surface area contributed by atoms with Gasteiger partial charge in [0.25, 0.3) is 5.91 Å². The molecule has 1 atom stereocenters. The summed E-state index contributed by atoms with van der Waals surface area (Å²) in [6.45, 7) is 0. The standard InChI is InChI=1S/C15H15N3O4S/c1-23(21,22)17-18-14(11-7-3-5-9-13(11)19)16-12-8-4-2-6-10(12)15(18)20/h2-9,14,16-17,19H,1H3/t14-/m1/s1. The molecule has 0 spiro atoms. The Kier molecular flexibility index (Phi) is 3.70. The Bertz CT molecular complexity index is 867. The highest BCUT2D eigenvalue weighted by Gasteiger charge is 2.35. The summed E-state index contributed by atoms with van der Waals surface area (Å²) in [7, 11) is -3.68. The third-order valence-electron chi connectivity index (χ3n) is 3.42. The van der Waals surface area contributed by atoms with Crippen molar-refractivity contribution in [1.29, 1.82) is 0 Å². The van der Waals surface area contributed by atoms with Crippen molar-refractivity contribution in [3.63, 3.8) is 0 Å². The zero-order valence-corrected chi connectivity index (χ0v) is 13.0. The second kappa shape index (κ2) is 5.56. The Balaban J connectivity index is 2.12.